The van der Waals surface area contributed by atoms with Gasteiger partial charge in [-0.05, 0) is 18.6 Å². The van der Waals surface area contributed by atoms with Gasteiger partial charge in [0.15, 0.2) is 0 Å². The number of hydrogen-bond acceptors (Lipinski definition) is 3. The topological polar surface area (TPSA) is 16.1 Å². The Hall–Kier alpha value is -0.580. The Labute approximate surface area is 125 Å². The summed E-state index contributed by atoms with van der Waals surface area (Å²) in [5.74, 6) is 0. The number of nitrogens with zero attached hydrogens (tertiary/aromatic N) is 2. The summed E-state index contributed by atoms with van der Waals surface area (Å²) in [6.45, 7) is 2.79. The second kappa shape index (κ2) is 6.04. The number of benzene rings is 1. The number of aromatic nitrogens is 1. The van der Waals surface area contributed by atoms with E-state index in [2.05, 4.69) is 37.3 Å². The minimum atomic E-state index is 0.772. The molecule has 0 saturated heterocycles. The van der Waals surface area contributed by atoms with Gasteiger partial charge in [-0.2, -0.15) is 0 Å². The molecule has 0 aliphatic rings. The van der Waals surface area contributed by atoms with Gasteiger partial charge in [0.05, 0.1) is 28.0 Å². The highest BCUT2D eigenvalue weighted by Crippen LogP contribution is 2.31. The van der Waals surface area contributed by atoms with E-state index in [1.807, 2.05) is 26.1 Å². The van der Waals surface area contributed by atoms with Crippen molar-refractivity contribution < 1.29 is 0 Å². The first-order chi connectivity index (χ1) is 8.61. The lowest BCUT2D eigenvalue weighted by atomic mass is 10.2. The Kier molecular flexibility index (Phi) is 4.65. The molecule has 0 unspecified atom stereocenters. The molecule has 2 aromatic rings. The standard InChI is InChI=1S/C13H14BrClN2S/c1-9-16-11(8-18-9)7-17(2)13-10(6-14)4-3-5-12(13)15/h3-5,8H,6-7H2,1-2H3. The minimum Gasteiger partial charge on any atom is -0.367 e. The van der Waals surface area contributed by atoms with Crippen LogP contribution in [0, 0.1) is 6.92 Å². The van der Waals surface area contributed by atoms with Crippen LogP contribution in [-0.4, -0.2) is 12.0 Å². The lowest BCUT2D eigenvalue weighted by Crippen LogP contribution is -2.18. The molecule has 5 heteroatoms. The number of anilines is 1. The summed E-state index contributed by atoms with van der Waals surface area (Å²) in [5.41, 5.74) is 3.35. The maximum Gasteiger partial charge on any atom is 0.0898 e. The molecule has 0 spiro atoms. The van der Waals surface area contributed by atoms with Crippen LogP contribution in [0.2, 0.25) is 5.02 Å². The van der Waals surface area contributed by atoms with E-state index in [1.54, 1.807) is 11.3 Å². The third-order valence-corrected chi connectivity index (χ3v) is 4.39. The van der Waals surface area contributed by atoms with E-state index in [9.17, 15) is 0 Å². The first kappa shape index (κ1) is 13.8. The van der Waals surface area contributed by atoms with Gasteiger partial charge in [0.25, 0.3) is 0 Å². The SMILES string of the molecule is Cc1nc(CN(C)c2c(Cl)cccc2CBr)cs1. The normalized spacial score (nSPS) is 10.7. The second-order valence-electron chi connectivity index (χ2n) is 4.10. The lowest BCUT2D eigenvalue weighted by molar-refractivity contribution is 0.885. The summed E-state index contributed by atoms with van der Waals surface area (Å²) in [5, 5.41) is 4.76. The predicted molar refractivity (Wildman–Crippen MR) is 83.0 cm³/mol. The van der Waals surface area contributed by atoms with Crippen LogP contribution >= 0.6 is 38.9 Å². The van der Waals surface area contributed by atoms with E-state index in [4.69, 9.17) is 11.6 Å². The van der Waals surface area contributed by atoms with Gasteiger partial charge in [-0.3, -0.25) is 0 Å². The maximum absolute atomic E-state index is 6.29. The average molecular weight is 346 g/mol. The molecule has 0 radical (unpaired) electrons. The van der Waals surface area contributed by atoms with Crippen molar-refractivity contribution in [3.8, 4) is 0 Å². The van der Waals surface area contributed by atoms with Crippen molar-refractivity contribution in [3.63, 3.8) is 0 Å². The van der Waals surface area contributed by atoms with Gasteiger partial charge in [0, 0.05) is 17.8 Å². The lowest BCUT2D eigenvalue weighted by Gasteiger charge is -2.22. The molecular weight excluding hydrogens is 332 g/mol. The summed E-state index contributed by atoms with van der Waals surface area (Å²) in [7, 11) is 2.04. The molecule has 2 rings (SSSR count). The summed E-state index contributed by atoms with van der Waals surface area (Å²) in [6, 6.07) is 5.98. The Morgan fingerprint density at radius 2 is 2.22 bits per heavy atom. The van der Waals surface area contributed by atoms with E-state index >= 15 is 0 Å². The van der Waals surface area contributed by atoms with Crippen molar-refractivity contribution in [2.45, 2.75) is 18.8 Å². The minimum absolute atomic E-state index is 0.772. The molecule has 0 amide bonds. The molecular formula is C13H14BrClN2S. The van der Waals surface area contributed by atoms with E-state index in [1.165, 1.54) is 5.56 Å². The zero-order valence-corrected chi connectivity index (χ0v) is 13.4. The zero-order valence-electron chi connectivity index (χ0n) is 10.3. The Morgan fingerprint density at radius 1 is 1.44 bits per heavy atom. The molecule has 1 aromatic carbocycles. The molecule has 0 aliphatic heterocycles. The fourth-order valence-corrected chi connectivity index (χ4v) is 3.29. The van der Waals surface area contributed by atoms with Gasteiger partial charge >= 0.3 is 0 Å². The number of halogens is 2. The van der Waals surface area contributed by atoms with E-state index in [-0.39, 0.29) is 0 Å². The van der Waals surface area contributed by atoms with Crippen molar-refractivity contribution in [2.75, 3.05) is 11.9 Å². The molecule has 1 heterocycles. The third-order valence-electron chi connectivity index (χ3n) is 2.66. The third kappa shape index (κ3) is 3.05. The van der Waals surface area contributed by atoms with Crippen molar-refractivity contribution in [2.24, 2.45) is 0 Å². The quantitative estimate of drug-likeness (QED) is 0.751. The molecule has 0 N–H and O–H groups in total. The largest absolute Gasteiger partial charge is 0.367 e. The molecule has 0 atom stereocenters. The molecule has 1 aromatic heterocycles. The fraction of sp³-hybridized carbons (Fsp3) is 0.308. The second-order valence-corrected chi connectivity index (χ2v) is 6.13. The molecule has 0 saturated carbocycles. The Bertz CT molecular complexity index is 542. The van der Waals surface area contributed by atoms with Crippen LogP contribution in [0.15, 0.2) is 23.6 Å². The zero-order chi connectivity index (χ0) is 13.1. The summed E-state index contributed by atoms with van der Waals surface area (Å²) in [4.78, 5) is 6.63. The highest BCUT2D eigenvalue weighted by molar-refractivity contribution is 9.08. The van der Waals surface area contributed by atoms with Crippen molar-refractivity contribution in [1.82, 2.24) is 4.98 Å². The summed E-state index contributed by atoms with van der Waals surface area (Å²) in [6.07, 6.45) is 0. The van der Waals surface area contributed by atoms with Crippen LogP contribution in [0.25, 0.3) is 0 Å². The summed E-state index contributed by atoms with van der Waals surface area (Å²) >= 11 is 11.5. The number of aryl methyl sites for hydroxylation is 1. The van der Waals surface area contributed by atoms with Crippen LogP contribution in [0.5, 0.6) is 0 Å². The molecule has 0 aliphatic carbocycles. The van der Waals surface area contributed by atoms with Crippen LogP contribution in [0.3, 0.4) is 0 Å². The van der Waals surface area contributed by atoms with Gasteiger partial charge < -0.3 is 4.90 Å². The van der Waals surface area contributed by atoms with Crippen LogP contribution in [0.1, 0.15) is 16.3 Å². The fourth-order valence-electron chi connectivity index (χ4n) is 1.90. The molecule has 0 fully saturated rings. The highest BCUT2D eigenvalue weighted by Gasteiger charge is 2.12. The number of rotatable bonds is 4. The maximum atomic E-state index is 6.29. The van der Waals surface area contributed by atoms with Gasteiger partial charge in [-0.15, -0.1) is 11.3 Å². The first-order valence-corrected chi connectivity index (χ1v) is 7.95. The monoisotopic (exact) mass is 344 g/mol. The summed E-state index contributed by atoms with van der Waals surface area (Å²) < 4.78 is 0. The van der Waals surface area contributed by atoms with Gasteiger partial charge in [0.2, 0.25) is 0 Å². The van der Waals surface area contributed by atoms with Crippen molar-refractivity contribution in [3.05, 3.63) is 44.9 Å². The Morgan fingerprint density at radius 3 is 2.83 bits per heavy atom. The predicted octanol–water partition coefficient (Wildman–Crippen LogP) is 4.64. The molecule has 0 bridgehead atoms. The molecule has 18 heavy (non-hydrogen) atoms. The average Bonchev–Trinajstić information content (AvgIpc) is 2.74. The van der Waals surface area contributed by atoms with E-state index in [0.717, 1.165) is 33.3 Å². The first-order valence-electron chi connectivity index (χ1n) is 5.57. The molecule has 96 valence electrons. The Balaban J connectivity index is 2.25. The van der Waals surface area contributed by atoms with Gasteiger partial charge in [0.1, 0.15) is 0 Å². The van der Waals surface area contributed by atoms with E-state index in [0.29, 0.717) is 0 Å². The van der Waals surface area contributed by atoms with Crippen LogP contribution < -0.4 is 4.90 Å². The van der Waals surface area contributed by atoms with E-state index < -0.39 is 0 Å². The van der Waals surface area contributed by atoms with Gasteiger partial charge in [-0.25, -0.2) is 4.98 Å². The number of thiazole rings is 1. The van der Waals surface area contributed by atoms with Gasteiger partial charge in [-0.1, -0.05) is 39.7 Å². The number of alkyl halides is 1. The van der Waals surface area contributed by atoms with Crippen LogP contribution in [0.4, 0.5) is 5.69 Å². The number of hydrogen-bond donors (Lipinski definition) is 0. The van der Waals surface area contributed by atoms with Crippen molar-refractivity contribution in [1.29, 1.82) is 0 Å². The molecule has 2 nitrogen and oxygen atoms in total. The highest BCUT2D eigenvalue weighted by atomic mass is 79.9. The van der Waals surface area contributed by atoms with Crippen molar-refractivity contribution >= 4 is 44.6 Å². The van der Waals surface area contributed by atoms with Crippen LogP contribution in [-0.2, 0) is 11.9 Å². The number of para-hydroxylation sites is 1. The smallest absolute Gasteiger partial charge is 0.0898 e.